The minimum Gasteiger partial charge on any atom is -0.320 e. The lowest BCUT2D eigenvalue weighted by Crippen LogP contribution is -2.37. The first-order chi connectivity index (χ1) is 13.8. The topological polar surface area (TPSA) is 117 Å². The third kappa shape index (κ3) is 5.44. The van der Waals surface area contributed by atoms with E-state index in [0.29, 0.717) is 11.3 Å². The van der Waals surface area contributed by atoms with Crippen LogP contribution in [0.5, 0.6) is 0 Å². The minimum atomic E-state index is -3.79. The summed E-state index contributed by atoms with van der Waals surface area (Å²) in [5.74, 6) is -1.19. The van der Waals surface area contributed by atoms with Crippen molar-refractivity contribution in [2.75, 3.05) is 10.0 Å². The Labute approximate surface area is 176 Å². The number of sulfonamides is 1. The molecule has 0 radical (unpaired) electrons. The maximum Gasteiger partial charge on any atom is 0.283 e. The van der Waals surface area contributed by atoms with Crippen LogP contribution in [0.25, 0.3) is 0 Å². The summed E-state index contributed by atoms with van der Waals surface area (Å²) in [6.45, 7) is 0. The highest BCUT2D eigenvalue weighted by Gasteiger charge is 2.17. The van der Waals surface area contributed by atoms with E-state index in [9.17, 15) is 18.0 Å². The maximum absolute atomic E-state index is 12.3. The lowest BCUT2D eigenvalue weighted by atomic mass is 10.2. The molecule has 0 bridgehead atoms. The zero-order valence-electron chi connectivity index (χ0n) is 14.7. The van der Waals surface area contributed by atoms with Crippen molar-refractivity contribution in [3.8, 4) is 0 Å². The number of anilines is 2. The number of nitrogens with one attached hydrogen (secondary N) is 3. The molecule has 2 aromatic carbocycles. The van der Waals surface area contributed by atoms with Crippen LogP contribution in [0.3, 0.4) is 0 Å². The number of aromatic nitrogens is 1. The molecule has 3 N–H and O–H groups in total. The van der Waals surface area contributed by atoms with E-state index in [1.165, 1.54) is 30.5 Å². The van der Waals surface area contributed by atoms with Crippen LogP contribution < -0.4 is 15.4 Å². The van der Waals surface area contributed by atoms with Crippen LogP contribution in [0.1, 0.15) is 10.4 Å². The first-order valence-corrected chi connectivity index (χ1v) is 10.9. The quantitative estimate of drug-likeness (QED) is 0.519. The van der Waals surface area contributed by atoms with Crippen molar-refractivity contribution in [3.05, 3.63) is 71.7 Å². The first kappa shape index (κ1) is 20.6. The van der Waals surface area contributed by atoms with Crippen molar-refractivity contribution in [1.82, 2.24) is 10.3 Å². The molecule has 1 aromatic heterocycles. The molecule has 29 heavy (non-hydrogen) atoms. The van der Waals surface area contributed by atoms with E-state index in [1.54, 1.807) is 35.7 Å². The fourth-order valence-corrected chi connectivity index (χ4v) is 4.11. The maximum atomic E-state index is 12.3. The van der Waals surface area contributed by atoms with Gasteiger partial charge >= 0.3 is 0 Å². The standard InChI is InChI=1S/C18H14N4O4S3/c23-15(12-4-2-1-3-5-12)21-17(27)16(24)20-13-6-8-14(9-7-13)29(25,26)22-18-19-10-11-28-18/h1-11H,(H,19,22)(H,20,24)(H,21,23,27). The van der Waals surface area contributed by atoms with Gasteiger partial charge in [-0.25, -0.2) is 13.4 Å². The van der Waals surface area contributed by atoms with E-state index in [0.717, 1.165) is 11.3 Å². The Morgan fingerprint density at radius 2 is 1.69 bits per heavy atom. The smallest absolute Gasteiger partial charge is 0.283 e. The van der Waals surface area contributed by atoms with Crippen LogP contribution >= 0.6 is 23.6 Å². The van der Waals surface area contributed by atoms with Gasteiger partial charge in [0.2, 0.25) is 0 Å². The fourth-order valence-electron chi connectivity index (χ4n) is 2.17. The van der Waals surface area contributed by atoms with Crippen LogP contribution in [-0.2, 0) is 14.8 Å². The van der Waals surface area contributed by atoms with E-state index in [4.69, 9.17) is 12.2 Å². The molecule has 0 aliphatic rings. The Hall–Kier alpha value is -3.15. The lowest BCUT2D eigenvalue weighted by Gasteiger charge is -2.09. The molecule has 2 amide bonds. The molecule has 0 fully saturated rings. The van der Waals surface area contributed by atoms with Crippen LogP contribution in [0.15, 0.2) is 71.1 Å². The molecule has 3 rings (SSSR count). The van der Waals surface area contributed by atoms with Gasteiger partial charge in [0, 0.05) is 22.8 Å². The zero-order chi connectivity index (χ0) is 20.9. The van der Waals surface area contributed by atoms with Gasteiger partial charge in [-0.05, 0) is 36.4 Å². The van der Waals surface area contributed by atoms with Crippen LogP contribution in [0.4, 0.5) is 10.8 Å². The molecule has 3 aromatic rings. The molecular formula is C18H14N4O4S3. The average Bonchev–Trinajstić information content (AvgIpc) is 3.21. The SMILES string of the molecule is O=C(Nc1ccc(S(=O)(=O)Nc2nccs2)cc1)C(=S)NC(=O)c1ccccc1. The molecule has 8 nitrogen and oxygen atoms in total. The third-order valence-electron chi connectivity index (χ3n) is 3.55. The highest BCUT2D eigenvalue weighted by molar-refractivity contribution is 7.93. The number of amides is 2. The van der Waals surface area contributed by atoms with Crippen molar-refractivity contribution in [2.45, 2.75) is 4.90 Å². The second kappa shape index (κ2) is 8.90. The predicted octanol–water partition coefficient (Wildman–Crippen LogP) is 2.64. The number of hydrogen-bond donors (Lipinski definition) is 3. The zero-order valence-corrected chi connectivity index (χ0v) is 17.1. The fraction of sp³-hybridized carbons (Fsp3) is 0. The number of hydrogen-bond acceptors (Lipinski definition) is 7. The summed E-state index contributed by atoms with van der Waals surface area (Å²) >= 11 is 6.10. The predicted molar refractivity (Wildman–Crippen MR) is 115 cm³/mol. The second-order valence-corrected chi connectivity index (χ2v) is 8.56. The van der Waals surface area contributed by atoms with Gasteiger partial charge in [0.05, 0.1) is 4.90 Å². The summed E-state index contributed by atoms with van der Waals surface area (Å²) in [4.78, 5) is 27.8. The van der Waals surface area contributed by atoms with E-state index in [1.807, 2.05) is 0 Å². The summed E-state index contributed by atoms with van der Waals surface area (Å²) in [7, 11) is -3.79. The normalized spacial score (nSPS) is 10.8. The number of thiazole rings is 1. The van der Waals surface area contributed by atoms with Gasteiger partial charge in [-0.3, -0.25) is 14.3 Å². The third-order valence-corrected chi connectivity index (χ3v) is 6.01. The lowest BCUT2D eigenvalue weighted by molar-refractivity contribution is -0.110. The van der Waals surface area contributed by atoms with Gasteiger partial charge < -0.3 is 10.6 Å². The van der Waals surface area contributed by atoms with Gasteiger partial charge in [-0.2, -0.15) is 0 Å². The summed E-state index contributed by atoms with van der Waals surface area (Å²) in [5, 5.41) is 6.75. The molecule has 0 aliphatic heterocycles. The van der Waals surface area contributed by atoms with Crippen LogP contribution in [-0.4, -0.2) is 30.2 Å². The van der Waals surface area contributed by atoms with Gasteiger partial charge in [0.15, 0.2) is 10.1 Å². The monoisotopic (exact) mass is 446 g/mol. The Balaban J connectivity index is 1.61. The number of carbonyl (C=O) groups is 2. The number of carbonyl (C=O) groups excluding carboxylic acids is 2. The van der Waals surface area contributed by atoms with Crippen molar-refractivity contribution in [2.24, 2.45) is 0 Å². The van der Waals surface area contributed by atoms with Crippen molar-refractivity contribution in [1.29, 1.82) is 0 Å². The first-order valence-electron chi connectivity index (χ1n) is 8.09. The summed E-state index contributed by atoms with van der Waals surface area (Å²) in [5.41, 5.74) is 0.685. The summed E-state index contributed by atoms with van der Waals surface area (Å²) < 4.78 is 26.9. The van der Waals surface area contributed by atoms with Gasteiger partial charge in [0.1, 0.15) is 0 Å². The van der Waals surface area contributed by atoms with Gasteiger partial charge in [-0.15, -0.1) is 11.3 Å². The van der Waals surface area contributed by atoms with E-state index < -0.39 is 21.8 Å². The molecule has 0 spiro atoms. The average molecular weight is 447 g/mol. The Kier molecular flexibility index (Phi) is 6.32. The van der Waals surface area contributed by atoms with Crippen molar-refractivity contribution in [3.63, 3.8) is 0 Å². The number of benzene rings is 2. The molecule has 1 heterocycles. The summed E-state index contributed by atoms with van der Waals surface area (Å²) in [6.07, 6.45) is 1.49. The molecular weight excluding hydrogens is 432 g/mol. The molecule has 0 saturated carbocycles. The molecule has 0 saturated heterocycles. The van der Waals surface area contributed by atoms with E-state index in [2.05, 4.69) is 20.3 Å². The van der Waals surface area contributed by atoms with Crippen LogP contribution in [0.2, 0.25) is 0 Å². The molecule has 0 aliphatic carbocycles. The summed E-state index contributed by atoms with van der Waals surface area (Å²) in [6, 6.07) is 13.8. The molecule has 11 heteroatoms. The molecule has 148 valence electrons. The van der Waals surface area contributed by atoms with E-state index in [-0.39, 0.29) is 15.0 Å². The van der Waals surface area contributed by atoms with E-state index >= 15 is 0 Å². The number of thiocarbonyl (C=S) groups is 1. The van der Waals surface area contributed by atoms with Crippen molar-refractivity contribution < 1.29 is 18.0 Å². The largest absolute Gasteiger partial charge is 0.320 e. The highest BCUT2D eigenvalue weighted by Crippen LogP contribution is 2.19. The second-order valence-electron chi connectivity index (χ2n) is 5.57. The number of rotatable bonds is 5. The highest BCUT2D eigenvalue weighted by atomic mass is 32.2. The van der Waals surface area contributed by atoms with Crippen LogP contribution in [0, 0.1) is 0 Å². The van der Waals surface area contributed by atoms with Crippen molar-refractivity contribution >= 4 is 61.2 Å². The van der Waals surface area contributed by atoms with Gasteiger partial charge in [-0.1, -0.05) is 30.4 Å². The Morgan fingerprint density at radius 1 is 1.00 bits per heavy atom. The Morgan fingerprint density at radius 3 is 2.31 bits per heavy atom. The molecule has 0 atom stereocenters. The number of nitrogens with zero attached hydrogens (tertiary/aromatic N) is 1. The van der Waals surface area contributed by atoms with Gasteiger partial charge in [0.25, 0.3) is 21.8 Å². The molecule has 0 unspecified atom stereocenters. The Bertz CT molecular complexity index is 1130. The minimum absolute atomic E-state index is 0.00524.